The normalized spacial score (nSPS) is 16.3. The second-order valence-corrected chi connectivity index (χ2v) is 3.82. The van der Waals surface area contributed by atoms with Crippen molar-refractivity contribution in [1.82, 2.24) is 0 Å². The molecule has 0 spiro atoms. The van der Waals surface area contributed by atoms with E-state index in [0.29, 0.717) is 22.6 Å². The Hall–Kier alpha value is -2.53. The molecule has 0 fully saturated rings. The fourth-order valence-corrected chi connectivity index (χ4v) is 1.50. The number of hydroxylamine groups is 1. The van der Waals surface area contributed by atoms with E-state index in [1.165, 1.54) is 18.3 Å². The Morgan fingerprint density at radius 1 is 1.11 bits per heavy atom. The number of allylic oxidation sites excluding steroid dienone is 5. The van der Waals surface area contributed by atoms with Gasteiger partial charge < -0.3 is 11.5 Å². The van der Waals surface area contributed by atoms with Gasteiger partial charge >= 0.3 is 0 Å². The molecular formula is C13H13N3O2. The van der Waals surface area contributed by atoms with Crippen LogP contribution < -0.4 is 16.5 Å². The molecule has 2 rings (SSSR count). The van der Waals surface area contributed by atoms with Crippen molar-refractivity contribution in [3.8, 4) is 0 Å². The van der Waals surface area contributed by atoms with Crippen LogP contribution in [-0.4, -0.2) is 11.0 Å². The Morgan fingerprint density at radius 2 is 1.83 bits per heavy atom. The van der Waals surface area contributed by atoms with E-state index in [1.807, 2.05) is 0 Å². The molecule has 0 saturated heterocycles. The minimum atomic E-state index is -0.167. The van der Waals surface area contributed by atoms with Gasteiger partial charge in [0.05, 0.1) is 17.1 Å². The lowest BCUT2D eigenvalue weighted by molar-refractivity contribution is -0.111. The Kier molecular flexibility index (Phi) is 3.16. The molecule has 0 heterocycles. The van der Waals surface area contributed by atoms with Crippen molar-refractivity contribution in [3.05, 3.63) is 54.3 Å². The molecule has 1 aromatic carbocycles. The molecule has 1 aromatic rings. The molecule has 5 heteroatoms. The van der Waals surface area contributed by atoms with Crippen LogP contribution in [0.3, 0.4) is 0 Å². The lowest BCUT2D eigenvalue weighted by Gasteiger charge is -2.14. The third kappa shape index (κ3) is 2.41. The summed E-state index contributed by atoms with van der Waals surface area (Å²) in [6, 6.07) is 4.72. The first-order valence-corrected chi connectivity index (χ1v) is 5.32. The van der Waals surface area contributed by atoms with E-state index in [2.05, 4.69) is 0 Å². The van der Waals surface area contributed by atoms with Crippen molar-refractivity contribution < 1.29 is 10.0 Å². The topological polar surface area (TPSA) is 92.6 Å². The molecule has 18 heavy (non-hydrogen) atoms. The van der Waals surface area contributed by atoms with Crippen LogP contribution in [0, 0.1) is 0 Å². The molecule has 0 radical (unpaired) electrons. The zero-order valence-electron chi connectivity index (χ0n) is 9.58. The second-order valence-electron chi connectivity index (χ2n) is 3.82. The van der Waals surface area contributed by atoms with Crippen molar-refractivity contribution in [2.75, 3.05) is 16.5 Å². The Morgan fingerprint density at radius 3 is 2.50 bits per heavy atom. The van der Waals surface area contributed by atoms with Crippen LogP contribution >= 0.6 is 0 Å². The highest BCUT2D eigenvalue weighted by Crippen LogP contribution is 2.23. The number of benzene rings is 1. The van der Waals surface area contributed by atoms with Crippen molar-refractivity contribution in [2.24, 2.45) is 0 Å². The molecule has 0 aliphatic heterocycles. The Bertz CT molecular complexity index is 574. The van der Waals surface area contributed by atoms with E-state index in [9.17, 15) is 10.0 Å². The predicted molar refractivity (Wildman–Crippen MR) is 70.9 cm³/mol. The summed E-state index contributed by atoms with van der Waals surface area (Å²) in [5.41, 5.74) is 12.9. The predicted octanol–water partition coefficient (Wildman–Crippen LogP) is 1.63. The van der Waals surface area contributed by atoms with Gasteiger partial charge in [0.2, 0.25) is 0 Å². The van der Waals surface area contributed by atoms with Gasteiger partial charge in [-0.3, -0.25) is 10.0 Å². The van der Waals surface area contributed by atoms with Crippen molar-refractivity contribution in [2.45, 2.75) is 0 Å². The van der Waals surface area contributed by atoms with Crippen LogP contribution in [0.1, 0.15) is 0 Å². The van der Waals surface area contributed by atoms with E-state index in [-0.39, 0.29) is 5.78 Å². The molecule has 0 bridgehead atoms. The van der Waals surface area contributed by atoms with Gasteiger partial charge in [-0.25, -0.2) is 5.06 Å². The number of rotatable bonds is 2. The lowest BCUT2D eigenvalue weighted by atomic mass is 10.1. The van der Waals surface area contributed by atoms with Gasteiger partial charge in [0.15, 0.2) is 5.78 Å². The Labute approximate surface area is 104 Å². The maximum absolute atomic E-state index is 11.5. The second kappa shape index (κ2) is 4.77. The summed E-state index contributed by atoms with van der Waals surface area (Å²) in [5.74, 6) is -0.167. The van der Waals surface area contributed by atoms with E-state index < -0.39 is 0 Å². The summed E-state index contributed by atoms with van der Waals surface area (Å²) < 4.78 is 0. The van der Waals surface area contributed by atoms with Gasteiger partial charge in [0, 0.05) is 11.8 Å². The molecular weight excluding hydrogens is 230 g/mol. The van der Waals surface area contributed by atoms with Crippen LogP contribution in [0.4, 0.5) is 17.1 Å². The van der Waals surface area contributed by atoms with Crippen molar-refractivity contribution >= 4 is 22.8 Å². The van der Waals surface area contributed by atoms with Crippen molar-refractivity contribution in [1.29, 1.82) is 0 Å². The summed E-state index contributed by atoms with van der Waals surface area (Å²) in [5, 5.41) is 10.7. The number of carbonyl (C=O) groups is 1. The zero-order valence-corrected chi connectivity index (χ0v) is 9.58. The fourth-order valence-electron chi connectivity index (χ4n) is 1.50. The Balaban J connectivity index is 2.26. The molecule has 5 N–H and O–H groups in total. The van der Waals surface area contributed by atoms with Crippen LogP contribution in [0.25, 0.3) is 0 Å². The van der Waals surface area contributed by atoms with E-state index in [1.54, 1.807) is 30.4 Å². The molecule has 0 amide bonds. The van der Waals surface area contributed by atoms with Gasteiger partial charge in [-0.05, 0) is 30.4 Å². The highest BCUT2D eigenvalue weighted by Gasteiger charge is 2.09. The highest BCUT2D eigenvalue weighted by molar-refractivity contribution is 6.07. The molecule has 0 atom stereocenters. The van der Waals surface area contributed by atoms with E-state index >= 15 is 0 Å². The maximum atomic E-state index is 11.5. The number of anilines is 3. The third-order valence-corrected chi connectivity index (χ3v) is 2.52. The average molecular weight is 243 g/mol. The molecule has 92 valence electrons. The molecule has 0 unspecified atom stereocenters. The van der Waals surface area contributed by atoms with Gasteiger partial charge in [0.25, 0.3) is 0 Å². The van der Waals surface area contributed by atoms with Crippen LogP contribution in [-0.2, 0) is 4.79 Å². The largest absolute Gasteiger partial charge is 0.397 e. The van der Waals surface area contributed by atoms with Gasteiger partial charge in [-0.2, -0.15) is 0 Å². The summed E-state index contributed by atoms with van der Waals surface area (Å²) in [6.07, 6.45) is 7.73. The van der Waals surface area contributed by atoms with Crippen LogP contribution in [0.5, 0.6) is 0 Å². The minimum absolute atomic E-state index is 0.167. The van der Waals surface area contributed by atoms with Crippen molar-refractivity contribution in [3.63, 3.8) is 0 Å². The maximum Gasteiger partial charge on any atom is 0.187 e. The van der Waals surface area contributed by atoms with Gasteiger partial charge in [0.1, 0.15) is 0 Å². The number of carbonyl (C=O) groups excluding carboxylic acids is 1. The first kappa shape index (κ1) is 11.9. The van der Waals surface area contributed by atoms with Crippen LogP contribution in [0.15, 0.2) is 54.3 Å². The third-order valence-electron chi connectivity index (χ3n) is 2.52. The molecule has 5 nitrogen and oxygen atoms in total. The standard InChI is InChI=1S/C13H13N3O2/c14-11-6-5-10(7-12(11)15)16(18)8-9-3-1-2-4-13(9)17/h1-8,18H,14-15H2/b9-8+. The number of ketones is 1. The molecule has 0 aromatic heterocycles. The first-order chi connectivity index (χ1) is 8.58. The number of nitrogen functional groups attached to an aromatic ring is 2. The first-order valence-electron chi connectivity index (χ1n) is 5.32. The highest BCUT2D eigenvalue weighted by atomic mass is 16.5. The quantitative estimate of drug-likeness (QED) is 0.417. The van der Waals surface area contributed by atoms with E-state index in [4.69, 9.17) is 11.5 Å². The number of hydrogen-bond acceptors (Lipinski definition) is 5. The molecule has 0 saturated carbocycles. The summed E-state index contributed by atoms with van der Waals surface area (Å²) in [6.45, 7) is 0. The minimum Gasteiger partial charge on any atom is -0.397 e. The SMILES string of the molecule is Nc1ccc(N(O)/C=C2\C=CC=CC2=O)cc1N. The van der Waals surface area contributed by atoms with E-state index in [0.717, 1.165) is 5.06 Å². The number of nitrogens with two attached hydrogens (primary N) is 2. The summed E-state index contributed by atoms with van der Waals surface area (Å²) in [7, 11) is 0. The van der Waals surface area contributed by atoms with Gasteiger partial charge in [-0.15, -0.1) is 0 Å². The summed E-state index contributed by atoms with van der Waals surface area (Å²) in [4.78, 5) is 11.5. The molecule has 1 aliphatic carbocycles. The molecule has 1 aliphatic rings. The van der Waals surface area contributed by atoms with Gasteiger partial charge in [-0.1, -0.05) is 12.2 Å². The number of nitrogens with zero attached hydrogens (tertiary/aromatic N) is 1. The smallest absolute Gasteiger partial charge is 0.187 e. The number of hydrogen-bond donors (Lipinski definition) is 3. The monoisotopic (exact) mass is 243 g/mol. The van der Waals surface area contributed by atoms with Crippen LogP contribution in [0.2, 0.25) is 0 Å². The lowest BCUT2D eigenvalue weighted by Crippen LogP contribution is -2.13. The fraction of sp³-hybridized carbons (Fsp3) is 0. The zero-order chi connectivity index (χ0) is 13.1. The summed E-state index contributed by atoms with van der Waals surface area (Å²) >= 11 is 0. The average Bonchev–Trinajstić information content (AvgIpc) is 2.35.